The van der Waals surface area contributed by atoms with Crippen LogP contribution in [0.15, 0.2) is 78.0 Å². The molecule has 7 heteroatoms. The van der Waals surface area contributed by atoms with Crippen molar-refractivity contribution in [2.24, 2.45) is 0 Å². The first kappa shape index (κ1) is 18.2. The van der Waals surface area contributed by atoms with Gasteiger partial charge in [0.2, 0.25) is 10.0 Å². The monoisotopic (exact) mass is 392 g/mol. The first-order valence-corrected chi connectivity index (χ1v) is 10.0. The van der Waals surface area contributed by atoms with Gasteiger partial charge in [0.25, 0.3) is 0 Å². The summed E-state index contributed by atoms with van der Waals surface area (Å²) < 4.78 is 26.5. The Morgan fingerprint density at radius 1 is 0.964 bits per heavy atom. The second-order valence-electron chi connectivity index (χ2n) is 6.47. The van der Waals surface area contributed by atoms with Crippen molar-refractivity contribution in [3.05, 3.63) is 84.2 Å². The number of sulfonamides is 1. The summed E-state index contributed by atoms with van der Waals surface area (Å²) in [5, 5.41) is 0. The maximum Gasteiger partial charge on any atom is 0.244 e. The average Bonchev–Trinajstić information content (AvgIpc) is 2.73. The number of rotatable bonds is 3. The lowest BCUT2D eigenvalue weighted by atomic mass is 9.94. The van der Waals surface area contributed by atoms with E-state index >= 15 is 0 Å². The van der Waals surface area contributed by atoms with Gasteiger partial charge < -0.3 is 0 Å². The minimum atomic E-state index is -3.93. The van der Waals surface area contributed by atoms with Crippen LogP contribution in [0.3, 0.4) is 0 Å². The molecule has 0 aliphatic carbocycles. The SMILES string of the molecule is CN1C(C(=O)c2cccc(-c3ccncc3)c2)C(=O)c2ccccc2S1(=O)=O. The number of carbonyl (C=O) groups excluding carboxylic acids is 2. The molecule has 0 amide bonds. The maximum atomic E-state index is 13.2. The average molecular weight is 392 g/mol. The summed E-state index contributed by atoms with van der Waals surface area (Å²) in [6, 6.07) is 14.9. The van der Waals surface area contributed by atoms with Crippen molar-refractivity contribution >= 4 is 21.6 Å². The van der Waals surface area contributed by atoms with Gasteiger partial charge in [-0.25, -0.2) is 8.42 Å². The number of carbonyl (C=O) groups is 2. The van der Waals surface area contributed by atoms with Crippen LogP contribution in [0.1, 0.15) is 20.7 Å². The van der Waals surface area contributed by atoms with Crippen LogP contribution >= 0.6 is 0 Å². The van der Waals surface area contributed by atoms with E-state index in [1.165, 1.54) is 19.2 Å². The van der Waals surface area contributed by atoms with Gasteiger partial charge in [0.1, 0.15) is 0 Å². The summed E-state index contributed by atoms with van der Waals surface area (Å²) in [6.07, 6.45) is 3.29. The van der Waals surface area contributed by atoms with E-state index in [0.29, 0.717) is 0 Å². The molecule has 0 N–H and O–H groups in total. The standard InChI is InChI=1S/C21H16N2O4S/c1-23-19(21(25)17-7-2-3-8-18(17)28(23,26)27)20(24)16-6-4-5-15(13-16)14-9-11-22-12-10-14/h2-13,19H,1H3. The molecule has 0 bridgehead atoms. The molecule has 1 atom stereocenters. The smallest absolute Gasteiger partial charge is 0.244 e. The van der Waals surface area contributed by atoms with E-state index in [9.17, 15) is 18.0 Å². The number of aromatic nitrogens is 1. The fourth-order valence-electron chi connectivity index (χ4n) is 3.34. The topological polar surface area (TPSA) is 84.4 Å². The van der Waals surface area contributed by atoms with Crippen molar-refractivity contribution in [1.29, 1.82) is 0 Å². The summed E-state index contributed by atoms with van der Waals surface area (Å²) in [7, 11) is -2.67. The highest BCUT2D eigenvalue weighted by molar-refractivity contribution is 7.89. The summed E-state index contributed by atoms with van der Waals surface area (Å²) in [5.74, 6) is -1.08. The Kier molecular flexibility index (Phi) is 4.41. The first-order valence-electron chi connectivity index (χ1n) is 8.57. The molecule has 3 aromatic rings. The Bertz CT molecular complexity index is 1190. The van der Waals surface area contributed by atoms with Crippen LogP contribution in [0.4, 0.5) is 0 Å². The minimum absolute atomic E-state index is 0.0456. The minimum Gasteiger partial charge on any atom is -0.292 e. The zero-order valence-corrected chi connectivity index (χ0v) is 15.8. The van der Waals surface area contributed by atoms with E-state index < -0.39 is 27.6 Å². The zero-order chi connectivity index (χ0) is 19.9. The van der Waals surface area contributed by atoms with Crippen molar-refractivity contribution in [3.63, 3.8) is 0 Å². The normalized spacial score (nSPS) is 18.5. The third kappa shape index (κ3) is 2.85. The molecule has 0 fully saturated rings. The van der Waals surface area contributed by atoms with Crippen LogP contribution in [0.25, 0.3) is 11.1 Å². The fraction of sp³-hybridized carbons (Fsp3) is 0.0952. The lowest BCUT2D eigenvalue weighted by Crippen LogP contribution is -2.51. The molecule has 1 aromatic heterocycles. The number of hydrogen-bond acceptors (Lipinski definition) is 5. The van der Waals surface area contributed by atoms with Crippen LogP contribution in [0.2, 0.25) is 0 Å². The van der Waals surface area contributed by atoms with Gasteiger partial charge >= 0.3 is 0 Å². The molecule has 0 saturated carbocycles. The van der Waals surface area contributed by atoms with Gasteiger partial charge in [-0.15, -0.1) is 0 Å². The van der Waals surface area contributed by atoms with Crippen LogP contribution < -0.4 is 0 Å². The summed E-state index contributed by atoms with van der Waals surface area (Å²) in [4.78, 5) is 30.0. The maximum absolute atomic E-state index is 13.2. The summed E-state index contributed by atoms with van der Waals surface area (Å²) in [5.41, 5.74) is 1.96. The quantitative estimate of drug-likeness (QED) is 0.505. The van der Waals surface area contributed by atoms with Crippen molar-refractivity contribution in [1.82, 2.24) is 9.29 Å². The molecule has 0 spiro atoms. The fourth-order valence-corrected chi connectivity index (χ4v) is 4.82. The lowest BCUT2D eigenvalue weighted by molar-refractivity contribution is 0.0784. The van der Waals surface area contributed by atoms with Gasteiger partial charge in [0, 0.05) is 30.6 Å². The highest BCUT2D eigenvalue weighted by atomic mass is 32.2. The third-order valence-electron chi connectivity index (χ3n) is 4.83. The number of ketones is 2. The van der Waals surface area contributed by atoms with E-state index in [4.69, 9.17) is 0 Å². The molecule has 140 valence electrons. The van der Waals surface area contributed by atoms with E-state index in [-0.39, 0.29) is 16.0 Å². The largest absolute Gasteiger partial charge is 0.292 e. The van der Waals surface area contributed by atoms with Gasteiger partial charge in [-0.2, -0.15) is 4.31 Å². The van der Waals surface area contributed by atoms with E-state index in [1.54, 1.807) is 42.7 Å². The summed E-state index contributed by atoms with van der Waals surface area (Å²) in [6.45, 7) is 0. The molecule has 6 nitrogen and oxygen atoms in total. The van der Waals surface area contributed by atoms with Crippen LogP contribution in [0, 0.1) is 0 Å². The predicted octanol–water partition coefficient (Wildman–Crippen LogP) is 2.82. The second kappa shape index (κ2) is 6.78. The van der Waals surface area contributed by atoms with Gasteiger partial charge in [-0.1, -0.05) is 30.3 Å². The third-order valence-corrected chi connectivity index (χ3v) is 6.71. The number of likely N-dealkylation sites (N-methyl/N-ethyl adjacent to an activating group) is 1. The van der Waals surface area contributed by atoms with Crippen LogP contribution in [-0.4, -0.2) is 42.4 Å². The van der Waals surface area contributed by atoms with Crippen molar-refractivity contribution in [2.75, 3.05) is 7.05 Å². The van der Waals surface area contributed by atoms with Crippen molar-refractivity contribution in [3.8, 4) is 11.1 Å². The number of fused-ring (bicyclic) bond motifs is 1. The predicted molar refractivity (Wildman–Crippen MR) is 104 cm³/mol. The molecule has 0 saturated heterocycles. The number of benzene rings is 2. The highest BCUT2D eigenvalue weighted by Crippen LogP contribution is 2.31. The first-order chi connectivity index (χ1) is 13.4. The summed E-state index contributed by atoms with van der Waals surface area (Å²) >= 11 is 0. The van der Waals surface area contributed by atoms with Gasteiger partial charge in [0.05, 0.1) is 4.90 Å². The van der Waals surface area contributed by atoms with E-state index in [2.05, 4.69) is 4.98 Å². The van der Waals surface area contributed by atoms with Crippen molar-refractivity contribution < 1.29 is 18.0 Å². The molecule has 2 aromatic carbocycles. The molecule has 0 radical (unpaired) electrons. The van der Waals surface area contributed by atoms with Crippen LogP contribution in [0.5, 0.6) is 0 Å². The second-order valence-corrected chi connectivity index (χ2v) is 8.43. The molecule has 1 aliphatic heterocycles. The Morgan fingerprint density at radius 3 is 2.43 bits per heavy atom. The van der Waals surface area contributed by atoms with E-state index in [1.807, 2.05) is 18.2 Å². The van der Waals surface area contributed by atoms with Crippen molar-refractivity contribution in [2.45, 2.75) is 10.9 Å². The number of hydrogen-bond donors (Lipinski definition) is 0. The molecule has 2 heterocycles. The Balaban J connectivity index is 1.78. The lowest BCUT2D eigenvalue weighted by Gasteiger charge is -2.31. The van der Waals surface area contributed by atoms with Gasteiger partial charge in [-0.3, -0.25) is 14.6 Å². The Labute approximate surface area is 162 Å². The Morgan fingerprint density at radius 2 is 1.68 bits per heavy atom. The van der Waals surface area contributed by atoms with Crippen LogP contribution in [-0.2, 0) is 10.0 Å². The molecular weight excluding hydrogens is 376 g/mol. The number of pyridine rings is 1. The molecule has 1 unspecified atom stereocenters. The van der Waals surface area contributed by atoms with E-state index in [0.717, 1.165) is 15.4 Å². The molecule has 1 aliphatic rings. The molecule has 4 rings (SSSR count). The molecular formula is C21H16N2O4S. The number of Topliss-reactive ketones (excluding diaryl/α,β-unsaturated/α-hetero) is 2. The van der Waals surface area contributed by atoms with Gasteiger partial charge in [-0.05, 0) is 41.5 Å². The van der Waals surface area contributed by atoms with Gasteiger partial charge in [0.15, 0.2) is 17.6 Å². The highest BCUT2D eigenvalue weighted by Gasteiger charge is 2.45. The molecule has 28 heavy (non-hydrogen) atoms. The number of nitrogens with zero attached hydrogens (tertiary/aromatic N) is 2. The Hall–Kier alpha value is -3.16. The zero-order valence-electron chi connectivity index (χ0n) is 14.9.